The van der Waals surface area contributed by atoms with Gasteiger partial charge in [0, 0.05) is 43.1 Å². The lowest BCUT2D eigenvalue weighted by Crippen LogP contribution is -2.52. The van der Waals surface area contributed by atoms with Crippen LogP contribution in [0, 0.1) is 0 Å². The van der Waals surface area contributed by atoms with Crippen LogP contribution in [0.4, 0.5) is 5.95 Å². The highest BCUT2D eigenvalue weighted by Crippen LogP contribution is 2.40. The molecular formula is C21H28N4O2. The van der Waals surface area contributed by atoms with Crippen LogP contribution in [0.25, 0.3) is 0 Å². The Balaban J connectivity index is 1.44. The van der Waals surface area contributed by atoms with Crippen molar-refractivity contribution in [1.82, 2.24) is 14.9 Å². The van der Waals surface area contributed by atoms with Gasteiger partial charge in [0.1, 0.15) is 12.4 Å². The molecule has 0 aliphatic carbocycles. The minimum atomic E-state index is 0.0410. The highest BCUT2D eigenvalue weighted by atomic mass is 16.5. The molecule has 2 aliphatic heterocycles. The molecule has 0 saturated carbocycles. The van der Waals surface area contributed by atoms with E-state index in [1.165, 1.54) is 18.4 Å². The van der Waals surface area contributed by atoms with E-state index in [9.17, 15) is 0 Å². The third-order valence-corrected chi connectivity index (χ3v) is 5.95. The SMILES string of the molecule is OCCOc1ccccc1CN1CCCC12CCN(c1ncccn1)CC2. The van der Waals surface area contributed by atoms with E-state index < -0.39 is 0 Å². The molecular weight excluding hydrogens is 340 g/mol. The number of aliphatic hydroxyl groups is 1. The molecule has 0 bridgehead atoms. The molecule has 2 fully saturated rings. The van der Waals surface area contributed by atoms with E-state index in [0.717, 1.165) is 50.7 Å². The number of hydrogen-bond donors (Lipinski definition) is 1. The molecule has 6 nitrogen and oxygen atoms in total. The summed E-state index contributed by atoms with van der Waals surface area (Å²) in [7, 11) is 0. The third kappa shape index (κ3) is 3.92. The van der Waals surface area contributed by atoms with E-state index >= 15 is 0 Å². The van der Waals surface area contributed by atoms with Gasteiger partial charge in [-0.1, -0.05) is 18.2 Å². The molecule has 6 heteroatoms. The smallest absolute Gasteiger partial charge is 0.225 e. The maximum Gasteiger partial charge on any atom is 0.225 e. The summed E-state index contributed by atoms with van der Waals surface area (Å²) in [5.41, 5.74) is 1.48. The summed E-state index contributed by atoms with van der Waals surface area (Å²) in [4.78, 5) is 13.8. The van der Waals surface area contributed by atoms with Crippen molar-refractivity contribution in [1.29, 1.82) is 0 Å². The molecule has 4 rings (SSSR count). The van der Waals surface area contributed by atoms with E-state index in [1.54, 1.807) is 0 Å². The Morgan fingerprint density at radius 2 is 1.78 bits per heavy atom. The Kier molecular flexibility index (Phi) is 5.55. The first-order valence-electron chi connectivity index (χ1n) is 9.89. The van der Waals surface area contributed by atoms with Crippen LogP contribution in [0.5, 0.6) is 5.75 Å². The van der Waals surface area contributed by atoms with Gasteiger partial charge in [0.05, 0.1) is 6.61 Å². The molecule has 1 spiro atoms. The second-order valence-corrected chi connectivity index (χ2v) is 7.47. The van der Waals surface area contributed by atoms with Gasteiger partial charge in [-0.2, -0.15) is 0 Å². The molecule has 144 valence electrons. The van der Waals surface area contributed by atoms with E-state index in [-0.39, 0.29) is 12.1 Å². The first kappa shape index (κ1) is 18.2. The van der Waals surface area contributed by atoms with Crippen LogP contribution in [0.15, 0.2) is 42.7 Å². The summed E-state index contributed by atoms with van der Waals surface area (Å²) in [6.07, 6.45) is 8.43. The number of anilines is 1. The molecule has 1 aromatic heterocycles. The van der Waals surface area contributed by atoms with E-state index in [2.05, 4.69) is 31.9 Å². The number of piperidine rings is 1. The number of hydrogen-bond acceptors (Lipinski definition) is 6. The lowest BCUT2D eigenvalue weighted by atomic mass is 9.84. The van der Waals surface area contributed by atoms with Crippen molar-refractivity contribution in [2.75, 3.05) is 37.7 Å². The number of aliphatic hydroxyl groups excluding tert-OH is 1. The van der Waals surface area contributed by atoms with Gasteiger partial charge in [-0.25, -0.2) is 9.97 Å². The van der Waals surface area contributed by atoms with Crippen molar-refractivity contribution in [3.8, 4) is 5.75 Å². The molecule has 0 radical (unpaired) electrons. The Morgan fingerprint density at radius 1 is 1.00 bits per heavy atom. The highest BCUT2D eigenvalue weighted by molar-refractivity contribution is 5.34. The topological polar surface area (TPSA) is 61.7 Å². The largest absolute Gasteiger partial charge is 0.491 e. The molecule has 2 saturated heterocycles. The highest BCUT2D eigenvalue weighted by Gasteiger charge is 2.43. The van der Waals surface area contributed by atoms with Crippen LogP contribution in [0.2, 0.25) is 0 Å². The molecule has 2 aromatic rings. The number of aromatic nitrogens is 2. The quantitative estimate of drug-likeness (QED) is 0.845. The number of rotatable bonds is 6. The summed E-state index contributed by atoms with van der Waals surface area (Å²) in [6, 6.07) is 10.1. The summed E-state index contributed by atoms with van der Waals surface area (Å²) < 4.78 is 5.75. The van der Waals surface area contributed by atoms with Gasteiger partial charge in [0.2, 0.25) is 5.95 Å². The second kappa shape index (κ2) is 8.23. The fraction of sp³-hybridized carbons (Fsp3) is 0.524. The Labute approximate surface area is 160 Å². The lowest BCUT2D eigenvalue weighted by molar-refractivity contribution is 0.0978. The standard InChI is InChI=1S/C21H28N4O2/c26-15-16-27-19-6-2-1-5-18(19)17-25-12-3-7-21(25)8-13-24(14-9-21)20-22-10-4-11-23-20/h1-2,4-6,10-11,26H,3,7-9,12-17H2. The molecule has 0 atom stereocenters. The summed E-state index contributed by atoms with van der Waals surface area (Å²) in [5.74, 6) is 1.74. The minimum absolute atomic E-state index is 0.0410. The summed E-state index contributed by atoms with van der Waals surface area (Å²) in [6.45, 7) is 4.43. The number of nitrogens with zero attached hydrogens (tertiary/aromatic N) is 4. The molecule has 2 aliphatic rings. The van der Waals surface area contributed by atoms with Crippen molar-refractivity contribution in [3.05, 3.63) is 48.3 Å². The van der Waals surface area contributed by atoms with Gasteiger partial charge in [-0.15, -0.1) is 0 Å². The second-order valence-electron chi connectivity index (χ2n) is 7.47. The zero-order valence-electron chi connectivity index (χ0n) is 15.8. The van der Waals surface area contributed by atoms with Crippen LogP contribution in [0.1, 0.15) is 31.2 Å². The molecule has 27 heavy (non-hydrogen) atoms. The number of ether oxygens (including phenoxy) is 1. The average molecular weight is 368 g/mol. The summed E-state index contributed by atoms with van der Waals surface area (Å²) >= 11 is 0. The van der Waals surface area contributed by atoms with Crippen LogP contribution < -0.4 is 9.64 Å². The zero-order chi connectivity index (χ0) is 18.5. The lowest BCUT2D eigenvalue weighted by Gasteiger charge is -2.45. The summed E-state index contributed by atoms with van der Waals surface area (Å²) in [5, 5.41) is 9.07. The molecule has 3 heterocycles. The van der Waals surface area contributed by atoms with Crippen LogP contribution in [-0.2, 0) is 6.54 Å². The van der Waals surface area contributed by atoms with Gasteiger partial charge >= 0.3 is 0 Å². The minimum Gasteiger partial charge on any atom is -0.491 e. The normalized spacial score (nSPS) is 19.5. The number of para-hydroxylation sites is 1. The maximum absolute atomic E-state index is 9.07. The average Bonchev–Trinajstić information content (AvgIpc) is 3.10. The Hall–Kier alpha value is -2.18. The molecule has 0 unspecified atom stereocenters. The number of benzene rings is 1. The van der Waals surface area contributed by atoms with E-state index in [0.29, 0.717) is 6.61 Å². The van der Waals surface area contributed by atoms with Crippen LogP contribution in [-0.4, -0.2) is 58.4 Å². The maximum atomic E-state index is 9.07. The van der Waals surface area contributed by atoms with E-state index in [4.69, 9.17) is 9.84 Å². The Morgan fingerprint density at radius 3 is 2.56 bits per heavy atom. The fourth-order valence-corrected chi connectivity index (χ4v) is 4.52. The Bertz CT molecular complexity index is 732. The fourth-order valence-electron chi connectivity index (χ4n) is 4.52. The molecule has 0 amide bonds. The third-order valence-electron chi connectivity index (χ3n) is 5.95. The zero-order valence-corrected chi connectivity index (χ0v) is 15.8. The van der Waals surface area contributed by atoms with Crippen molar-refractivity contribution in [2.45, 2.75) is 37.8 Å². The monoisotopic (exact) mass is 368 g/mol. The van der Waals surface area contributed by atoms with Gasteiger partial charge in [0.15, 0.2) is 0 Å². The first-order valence-corrected chi connectivity index (χ1v) is 9.89. The predicted octanol–water partition coefficient (Wildman–Crippen LogP) is 2.48. The van der Waals surface area contributed by atoms with Gasteiger partial charge < -0.3 is 14.7 Å². The number of likely N-dealkylation sites (tertiary alicyclic amines) is 1. The predicted molar refractivity (Wildman–Crippen MR) is 105 cm³/mol. The molecule has 1 aromatic carbocycles. The first-order chi connectivity index (χ1) is 13.3. The van der Waals surface area contributed by atoms with Crippen molar-refractivity contribution in [3.63, 3.8) is 0 Å². The van der Waals surface area contributed by atoms with E-state index in [1.807, 2.05) is 30.6 Å². The molecule has 1 N–H and O–H groups in total. The van der Waals surface area contributed by atoms with Gasteiger partial charge in [0.25, 0.3) is 0 Å². The van der Waals surface area contributed by atoms with Gasteiger partial charge in [-0.05, 0) is 44.4 Å². The van der Waals surface area contributed by atoms with Crippen LogP contribution >= 0.6 is 0 Å². The van der Waals surface area contributed by atoms with Crippen molar-refractivity contribution >= 4 is 5.95 Å². The van der Waals surface area contributed by atoms with Crippen molar-refractivity contribution < 1.29 is 9.84 Å². The van der Waals surface area contributed by atoms with Gasteiger partial charge in [-0.3, -0.25) is 4.90 Å². The van der Waals surface area contributed by atoms with Crippen LogP contribution in [0.3, 0.4) is 0 Å². The van der Waals surface area contributed by atoms with Crippen molar-refractivity contribution in [2.24, 2.45) is 0 Å².